The molecule has 0 radical (unpaired) electrons. The Bertz CT molecular complexity index is 607. The van der Waals surface area contributed by atoms with Gasteiger partial charge in [0, 0.05) is 24.2 Å². The molecule has 114 valence electrons. The van der Waals surface area contributed by atoms with Crippen molar-refractivity contribution in [1.29, 1.82) is 0 Å². The average molecular weight is 371 g/mol. The van der Waals surface area contributed by atoms with Crippen LogP contribution < -0.4 is 0 Å². The number of hydrogen-bond donors (Lipinski definition) is 0. The smallest absolute Gasteiger partial charge is 0.0739 e. The van der Waals surface area contributed by atoms with E-state index in [1.807, 2.05) is 19.1 Å². The van der Waals surface area contributed by atoms with Crippen LogP contribution in [0.4, 0.5) is 0 Å². The number of halogens is 2. The summed E-state index contributed by atoms with van der Waals surface area (Å²) in [5.41, 5.74) is 3.52. The van der Waals surface area contributed by atoms with E-state index in [0.717, 1.165) is 28.3 Å². The molecule has 0 amide bonds. The van der Waals surface area contributed by atoms with E-state index in [0.29, 0.717) is 6.04 Å². The Hall–Kier alpha value is -0.840. The zero-order chi connectivity index (χ0) is 15.6. The fourth-order valence-corrected chi connectivity index (χ4v) is 2.92. The van der Waals surface area contributed by atoms with Crippen molar-refractivity contribution >= 4 is 27.5 Å². The summed E-state index contributed by atoms with van der Waals surface area (Å²) in [7, 11) is 2.13. The number of aryl methyl sites for hydroxylation is 2. The first-order valence-electron chi connectivity index (χ1n) is 7.11. The molecule has 0 N–H and O–H groups in total. The zero-order valence-electron chi connectivity index (χ0n) is 12.9. The normalized spacial score (nSPS) is 12.9. The highest BCUT2D eigenvalue weighted by Gasteiger charge is 2.18. The second-order valence-electron chi connectivity index (χ2n) is 5.30. The van der Waals surface area contributed by atoms with Gasteiger partial charge in [0.05, 0.1) is 15.9 Å². The van der Waals surface area contributed by atoms with Gasteiger partial charge in [0.2, 0.25) is 0 Å². The standard InChI is InChI=1S/C16H21BrClN3/c1-5-21-15(16(17)11(2)19-21)10-20(4)12(3)13-6-8-14(18)9-7-13/h6-9,12H,5,10H2,1-4H3. The van der Waals surface area contributed by atoms with Crippen LogP contribution in [0.15, 0.2) is 28.7 Å². The van der Waals surface area contributed by atoms with Gasteiger partial charge < -0.3 is 0 Å². The summed E-state index contributed by atoms with van der Waals surface area (Å²) in [6, 6.07) is 8.37. The molecule has 0 aliphatic heterocycles. The Morgan fingerprint density at radius 1 is 1.33 bits per heavy atom. The largest absolute Gasteiger partial charge is 0.294 e. The van der Waals surface area contributed by atoms with Crippen molar-refractivity contribution in [3.8, 4) is 0 Å². The van der Waals surface area contributed by atoms with Crippen LogP contribution in [0.2, 0.25) is 5.02 Å². The molecular formula is C16H21BrClN3. The maximum absolute atomic E-state index is 5.96. The molecule has 0 saturated carbocycles. The van der Waals surface area contributed by atoms with Crippen LogP contribution in [0.3, 0.4) is 0 Å². The van der Waals surface area contributed by atoms with Crippen LogP contribution in [0.5, 0.6) is 0 Å². The van der Waals surface area contributed by atoms with Crippen LogP contribution in [0.25, 0.3) is 0 Å². The molecule has 21 heavy (non-hydrogen) atoms. The monoisotopic (exact) mass is 369 g/mol. The molecule has 1 atom stereocenters. The van der Waals surface area contributed by atoms with E-state index in [4.69, 9.17) is 11.6 Å². The summed E-state index contributed by atoms with van der Waals surface area (Å²) in [5.74, 6) is 0. The van der Waals surface area contributed by atoms with Gasteiger partial charge in [-0.15, -0.1) is 0 Å². The van der Waals surface area contributed by atoms with E-state index >= 15 is 0 Å². The topological polar surface area (TPSA) is 21.1 Å². The van der Waals surface area contributed by atoms with Gasteiger partial charge in [0.15, 0.2) is 0 Å². The molecule has 0 spiro atoms. The average Bonchev–Trinajstić information content (AvgIpc) is 2.75. The van der Waals surface area contributed by atoms with E-state index in [9.17, 15) is 0 Å². The second-order valence-corrected chi connectivity index (χ2v) is 6.53. The number of nitrogens with zero attached hydrogens (tertiary/aromatic N) is 3. The molecule has 1 unspecified atom stereocenters. The first-order chi connectivity index (χ1) is 9.93. The molecule has 5 heteroatoms. The number of benzene rings is 1. The quantitative estimate of drug-likeness (QED) is 0.752. The SMILES string of the molecule is CCn1nc(C)c(Br)c1CN(C)C(C)c1ccc(Cl)cc1. The predicted octanol–water partition coefficient (Wildman–Crippen LogP) is 4.82. The number of hydrogen-bond acceptors (Lipinski definition) is 2. The molecule has 0 saturated heterocycles. The van der Waals surface area contributed by atoms with Crippen LogP contribution in [-0.2, 0) is 13.1 Å². The molecular weight excluding hydrogens is 350 g/mol. The summed E-state index contributed by atoms with van der Waals surface area (Å²) in [5, 5.41) is 5.33. The van der Waals surface area contributed by atoms with Crippen LogP contribution >= 0.6 is 27.5 Å². The van der Waals surface area contributed by atoms with Crippen molar-refractivity contribution in [3.63, 3.8) is 0 Å². The van der Waals surface area contributed by atoms with Gasteiger partial charge in [-0.1, -0.05) is 23.7 Å². The lowest BCUT2D eigenvalue weighted by Gasteiger charge is -2.25. The lowest BCUT2D eigenvalue weighted by molar-refractivity contribution is 0.245. The Morgan fingerprint density at radius 2 is 1.95 bits per heavy atom. The minimum absolute atomic E-state index is 0.315. The first-order valence-corrected chi connectivity index (χ1v) is 8.28. The van der Waals surface area contributed by atoms with E-state index in [2.05, 4.69) is 63.6 Å². The Balaban J connectivity index is 2.17. The van der Waals surface area contributed by atoms with Gasteiger partial charge in [-0.3, -0.25) is 9.58 Å². The lowest BCUT2D eigenvalue weighted by Crippen LogP contribution is -2.23. The van der Waals surface area contributed by atoms with Crippen molar-refractivity contribution in [3.05, 3.63) is 50.7 Å². The van der Waals surface area contributed by atoms with Gasteiger partial charge in [0.25, 0.3) is 0 Å². The molecule has 1 heterocycles. The summed E-state index contributed by atoms with van der Waals surface area (Å²) < 4.78 is 3.17. The maximum Gasteiger partial charge on any atom is 0.0739 e. The Kier molecular flexibility index (Phi) is 5.47. The molecule has 1 aromatic carbocycles. The van der Waals surface area contributed by atoms with Crippen LogP contribution in [0.1, 0.15) is 36.8 Å². The third-order valence-corrected chi connectivity index (χ3v) is 5.15. The summed E-state index contributed by atoms with van der Waals surface area (Å²) in [6.07, 6.45) is 0. The van der Waals surface area contributed by atoms with E-state index in [-0.39, 0.29) is 0 Å². The van der Waals surface area contributed by atoms with Crippen molar-refractivity contribution in [2.24, 2.45) is 0 Å². The third-order valence-electron chi connectivity index (χ3n) is 3.87. The summed E-state index contributed by atoms with van der Waals surface area (Å²) in [4.78, 5) is 2.32. The maximum atomic E-state index is 5.96. The highest BCUT2D eigenvalue weighted by atomic mass is 79.9. The highest BCUT2D eigenvalue weighted by molar-refractivity contribution is 9.10. The first kappa shape index (κ1) is 16.5. The molecule has 2 rings (SSSR count). The fourth-order valence-electron chi connectivity index (χ4n) is 2.39. The van der Waals surface area contributed by atoms with Gasteiger partial charge in [0.1, 0.15) is 0 Å². The molecule has 0 fully saturated rings. The molecule has 0 bridgehead atoms. The van der Waals surface area contributed by atoms with Gasteiger partial charge >= 0.3 is 0 Å². The second kappa shape index (κ2) is 6.95. The molecule has 1 aromatic heterocycles. The third kappa shape index (κ3) is 3.68. The summed E-state index contributed by atoms with van der Waals surface area (Å²) in [6.45, 7) is 8.08. The zero-order valence-corrected chi connectivity index (χ0v) is 15.2. The molecule has 3 nitrogen and oxygen atoms in total. The van der Waals surface area contributed by atoms with Crippen molar-refractivity contribution in [2.75, 3.05) is 7.05 Å². The van der Waals surface area contributed by atoms with E-state index in [1.54, 1.807) is 0 Å². The molecule has 2 aromatic rings. The Morgan fingerprint density at radius 3 is 2.52 bits per heavy atom. The van der Waals surface area contributed by atoms with E-state index < -0.39 is 0 Å². The van der Waals surface area contributed by atoms with Crippen LogP contribution in [-0.4, -0.2) is 21.7 Å². The van der Waals surface area contributed by atoms with Crippen molar-refractivity contribution < 1.29 is 0 Å². The predicted molar refractivity (Wildman–Crippen MR) is 91.7 cm³/mol. The van der Waals surface area contributed by atoms with Crippen LogP contribution in [0, 0.1) is 6.92 Å². The number of rotatable bonds is 5. The number of aromatic nitrogens is 2. The Labute approximate surface area is 140 Å². The van der Waals surface area contributed by atoms with E-state index in [1.165, 1.54) is 11.3 Å². The van der Waals surface area contributed by atoms with Gasteiger partial charge in [-0.2, -0.15) is 5.10 Å². The minimum atomic E-state index is 0.315. The van der Waals surface area contributed by atoms with Crippen molar-refractivity contribution in [1.82, 2.24) is 14.7 Å². The highest BCUT2D eigenvalue weighted by Crippen LogP contribution is 2.26. The van der Waals surface area contributed by atoms with Crippen molar-refractivity contribution in [2.45, 2.75) is 39.9 Å². The van der Waals surface area contributed by atoms with Gasteiger partial charge in [-0.05, 0) is 61.4 Å². The fraction of sp³-hybridized carbons (Fsp3) is 0.438. The lowest BCUT2D eigenvalue weighted by atomic mass is 10.1. The molecule has 0 aliphatic carbocycles. The summed E-state index contributed by atoms with van der Waals surface area (Å²) >= 11 is 9.62. The molecule has 0 aliphatic rings. The minimum Gasteiger partial charge on any atom is -0.294 e. The van der Waals surface area contributed by atoms with Gasteiger partial charge in [-0.25, -0.2) is 0 Å².